The van der Waals surface area contributed by atoms with Crippen molar-refractivity contribution in [1.82, 2.24) is 4.90 Å². The first-order chi connectivity index (χ1) is 9.15. The number of hydrogen-bond donors (Lipinski definition) is 1. The van der Waals surface area contributed by atoms with E-state index in [1.54, 1.807) is 0 Å². The smallest absolute Gasteiger partial charge is 0.303 e. The zero-order chi connectivity index (χ0) is 13.7. The Balaban J connectivity index is 1.75. The van der Waals surface area contributed by atoms with Crippen LogP contribution in [-0.2, 0) is 14.3 Å². The largest absolute Gasteiger partial charge is 0.481 e. The van der Waals surface area contributed by atoms with Crippen LogP contribution < -0.4 is 0 Å². The van der Waals surface area contributed by atoms with E-state index in [0.717, 1.165) is 45.4 Å². The van der Waals surface area contributed by atoms with Crippen LogP contribution in [0, 0.1) is 5.92 Å². The van der Waals surface area contributed by atoms with Crippen LogP contribution in [0.1, 0.15) is 44.9 Å². The molecule has 2 fully saturated rings. The second kappa shape index (κ2) is 6.89. The summed E-state index contributed by atoms with van der Waals surface area (Å²) in [7, 11) is 0. The molecule has 19 heavy (non-hydrogen) atoms. The van der Waals surface area contributed by atoms with Crippen LogP contribution in [0.15, 0.2) is 0 Å². The van der Waals surface area contributed by atoms with E-state index in [0.29, 0.717) is 18.8 Å². The molecule has 0 aromatic carbocycles. The van der Waals surface area contributed by atoms with E-state index in [2.05, 4.69) is 0 Å². The number of ether oxygens (including phenoxy) is 1. The third kappa shape index (κ3) is 4.49. The van der Waals surface area contributed by atoms with Gasteiger partial charge in [0.05, 0.1) is 12.5 Å². The average Bonchev–Trinajstić information content (AvgIpc) is 2.89. The zero-order valence-electron chi connectivity index (χ0n) is 11.3. The molecule has 2 aliphatic rings. The normalized spacial score (nSPS) is 27.5. The molecule has 0 radical (unpaired) electrons. The Morgan fingerprint density at radius 1 is 1.26 bits per heavy atom. The van der Waals surface area contributed by atoms with Crippen LogP contribution in [-0.4, -0.2) is 47.7 Å². The number of likely N-dealkylation sites (tertiary alicyclic amines) is 1. The highest BCUT2D eigenvalue weighted by molar-refractivity contribution is 5.76. The summed E-state index contributed by atoms with van der Waals surface area (Å²) in [5, 5.41) is 8.71. The number of nitrogens with zero attached hydrogens (tertiary/aromatic N) is 1. The van der Waals surface area contributed by atoms with E-state index in [1.165, 1.54) is 0 Å². The number of carbonyl (C=O) groups excluding carboxylic acids is 1. The van der Waals surface area contributed by atoms with E-state index in [1.807, 2.05) is 4.90 Å². The number of carboxylic acid groups (broad SMARTS) is 1. The molecule has 0 aromatic heterocycles. The highest BCUT2D eigenvalue weighted by Crippen LogP contribution is 2.23. The van der Waals surface area contributed by atoms with Gasteiger partial charge in [0.25, 0.3) is 0 Å². The number of carboxylic acids is 1. The number of aliphatic carboxylic acids is 1. The van der Waals surface area contributed by atoms with Crippen molar-refractivity contribution < 1.29 is 19.4 Å². The highest BCUT2D eigenvalue weighted by atomic mass is 16.5. The van der Waals surface area contributed by atoms with E-state index >= 15 is 0 Å². The maximum atomic E-state index is 12.2. The van der Waals surface area contributed by atoms with Gasteiger partial charge in [-0.3, -0.25) is 9.59 Å². The molecular formula is C14H23NO4. The van der Waals surface area contributed by atoms with Crippen molar-refractivity contribution in [1.29, 1.82) is 0 Å². The molecule has 2 rings (SSSR count). The number of amides is 1. The summed E-state index contributed by atoms with van der Waals surface area (Å²) >= 11 is 0. The second-order valence-corrected chi connectivity index (χ2v) is 5.62. The number of carbonyl (C=O) groups is 2. The average molecular weight is 269 g/mol. The Morgan fingerprint density at radius 3 is 2.79 bits per heavy atom. The van der Waals surface area contributed by atoms with Crippen LogP contribution in [0.2, 0.25) is 0 Å². The number of rotatable bonds is 5. The maximum absolute atomic E-state index is 12.2. The lowest BCUT2D eigenvalue weighted by molar-refractivity contribution is -0.137. The molecule has 2 aliphatic heterocycles. The minimum Gasteiger partial charge on any atom is -0.481 e. The lowest BCUT2D eigenvalue weighted by atomic mass is 9.93. The van der Waals surface area contributed by atoms with Crippen molar-refractivity contribution in [2.24, 2.45) is 5.92 Å². The van der Waals surface area contributed by atoms with Gasteiger partial charge < -0.3 is 14.7 Å². The van der Waals surface area contributed by atoms with Gasteiger partial charge in [-0.25, -0.2) is 0 Å². The molecular weight excluding hydrogens is 246 g/mol. The standard InChI is InChI=1S/C14H23NO4/c16-13(9-12-4-2-8-19-12)15-7-1-3-11(10-15)5-6-14(17)18/h11-12H,1-10H2,(H,17,18). The van der Waals surface area contributed by atoms with Gasteiger partial charge in [-0.2, -0.15) is 0 Å². The van der Waals surface area contributed by atoms with E-state index in [-0.39, 0.29) is 18.4 Å². The predicted molar refractivity (Wildman–Crippen MR) is 69.8 cm³/mol. The van der Waals surface area contributed by atoms with E-state index in [4.69, 9.17) is 9.84 Å². The summed E-state index contributed by atoms with van der Waals surface area (Å²) < 4.78 is 5.49. The van der Waals surface area contributed by atoms with Gasteiger partial charge in [0.1, 0.15) is 0 Å². The molecule has 0 aromatic rings. The zero-order valence-corrected chi connectivity index (χ0v) is 11.3. The van der Waals surface area contributed by atoms with Crippen molar-refractivity contribution in [2.45, 2.75) is 51.0 Å². The maximum Gasteiger partial charge on any atom is 0.303 e. The molecule has 1 amide bonds. The molecule has 0 saturated carbocycles. The first kappa shape index (κ1) is 14.3. The monoisotopic (exact) mass is 269 g/mol. The summed E-state index contributed by atoms with van der Waals surface area (Å²) in [6, 6.07) is 0. The summed E-state index contributed by atoms with van der Waals surface area (Å²) in [5.41, 5.74) is 0. The fraction of sp³-hybridized carbons (Fsp3) is 0.857. The van der Waals surface area contributed by atoms with Gasteiger partial charge >= 0.3 is 5.97 Å². The minimum absolute atomic E-state index is 0.104. The van der Waals surface area contributed by atoms with Gasteiger partial charge in [0.15, 0.2) is 0 Å². The molecule has 1 N–H and O–H groups in total. The molecule has 5 nitrogen and oxygen atoms in total. The molecule has 2 atom stereocenters. The molecule has 0 aliphatic carbocycles. The summed E-state index contributed by atoms with van der Waals surface area (Å²) in [5.74, 6) is -0.229. The topological polar surface area (TPSA) is 66.8 Å². The Labute approximate surface area is 113 Å². The van der Waals surface area contributed by atoms with Gasteiger partial charge in [-0.05, 0) is 38.0 Å². The molecule has 108 valence electrons. The fourth-order valence-corrected chi connectivity index (χ4v) is 2.98. The predicted octanol–water partition coefficient (Wildman–Crippen LogP) is 1.66. The molecule has 2 unspecified atom stereocenters. The van der Waals surface area contributed by atoms with Crippen LogP contribution >= 0.6 is 0 Å². The first-order valence-electron chi connectivity index (χ1n) is 7.26. The van der Waals surface area contributed by atoms with Crippen LogP contribution in [0.4, 0.5) is 0 Å². The summed E-state index contributed by atoms with van der Waals surface area (Å²) in [6.45, 7) is 2.31. The number of hydrogen-bond acceptors (Lipinski definition) is 3. The van der Waals surface area contributed by atoms with Crippen LogP contribution in [0.3, 0.4) is 0 Å². The minimum atomic E-state index is -0.747. The number of piperidine rings is 1. The van der Waals surface area contributed by atoms with Crippen molar-refractivity contribution >= 4 is 11.9 Å². The fourth-order valence-electron chi connectivity index (χ4n) is 2.98. The third-order valence-corrected chi connectivity index (χ3v) is 4.06. The molecule has 5 heteroatoms. The highest BCUT2D eigenvalue weighted by Gasteiger charge is 2.27. The van der Waals surface area contributed by atoms with E-state index in [9.17, 15) is 9.59 Å². The van der Waals surface area contributed by atoms with Gasteiger partial charge in [-0.15, -0.1) is 0 Å². The van der Waals surface area contributed by atoms with Gasteiger partial charge in [0, 0.05) is 26.1 Å². The Bertz CT molecular complexity index is 325. The molecule has 0 bridgehead atoms. The Hall–Kier alpha value is -1.10. The third-order valence-electron chi connectivity index (χ3n) is 4.06. The SMILES string of the molecule is O=C(O)CCC1CCCN(C(=O)CC2CCCO2)C1. The summed E-state index contributed by atoms with van der Waals surface area (Å²) in [6.07, 6.45) is 5.55. The first-order valence-corrected chi connectivity index (χ1v) is 7.26. The molecule has 0 spiro atoms. The van der Waals surface area contributed by atoms with E-state index < -0.39 is 5.97 Å². The van der Waals surface area contributed by atoms with Crippen molar-refractivity contribution in [3.05, 3.63) is 0 Å². The van der Waals surface area contributed by atoms with Crippen LogP contribution in [0.5, 0.6) is 0 Å². The van der Waals surface area contributed by atoms with Crippen molar-refractivity contribution in [3.63, 3.8) is 0 Å². The van der Waals surface area contributed by atoms with Gasteiger partial charge in [-0.1, -0.05) is 0 Å². The quantitative estimate of drug-likeness (QED) is 0.824. The molecule has 2 saturated heterocycles. The van der Waals surface area contributed by atoms with Crippen molar-refractivity contribution in [3.8, 4) is 0 Å². The van der Waals surface area contributed by atoms with Crippen molar-refractivity contribution in [2.75, 3.05) is 19.7 Å². The lowest BCUT2D eigenvalue weighted by Gasteiger charge is -2.33. The molecule has 2 heterocycles. The van der Waals surface area contributed by atoms with Gasteiger partial charge in [0.2, 0.25) is 5.91 Å². The lowest BCUT2D eigenvalue weighted by Crippen LogP contribution is -2.41. The summed E-state index contributed by atoms with van der Waals surface area (Å²) in [4.78, 5) is 24.7. The Morgan fingerprint density at radius 2 is 2.11 bits per heavy atom. The van der Waals surface area contributed by atoms with Crippen LogP contribution in [0.25, 0.3) is 0 Å². The second-order valence-electron chi connectivity index (χ2n) is 5.62. The Kier molecular flexibility index (Phi) is 5.19.